The molecule has 6 heteroatoms. The Hall–Kier alpha value is -0.100. The van der Waals surface area contributed by atoms with Crippen LogP contribution in [0.1, 0.15) is 12.8 Å². The van der Waals surface area contributed by atoms with Gasteiger partial charge in [-0.2, -0.15) is 0 Å². The molecular formula is C8H8Br2O4-2. The summed E-state index contributed by atoms with van der Waals surface area (Å²) >= 11 is 6.58. The normalized spacial score (nSPS) is 37.9. The van der Waals surface area contributed by atoms with Crippen molar-refractivity contribution in [2.75, 3.05) is 0 Å². The highest BCUT2D eigenvalue weighted by molar-refractivity contribution is 9.12. The zero-order valence-electron chi connectivity index (χ0n) is 7.11. The highest BCUT2D eigenvalue weighted by atomic mass is 79.9. The standard InChI is InChI=1S/C8H10Br2O4/c9-5-1-3(7(11)12)4(8(13)14)2-6(5)10/h3-6H,1-2H2,(H,11,12)(H,13,14)/p-2/t3-,4-,5-,6+/m1/s1. The number of aliphatic carboxylic acids is 2. The van der Waals surface area contributed by atoms with Crippen LogP contribution < -0.4 is 10.2 Å². The predicted octanol–water partition coefficient (Wildman–Crippen LogP) is -0.961. The molecule has 14 heavy (non-hydrogen) atoms. The largest absolute Gasteiger partial charge is 0.550 e. The Morgan fingerprint density at radius 3 is 1.43 bits per heavy atom. The SMILES string of the molecule is O=C([O-])[C@@H]1C[C@@H](Br)[C@@H](Br)C[C@H]1C(=O)[O-]. The Bertz CT molecular complexity index is 230. The van der Waals surface area contributed by atoms with Crippen LogP contribution in [-0.4, -0.2) is 21.6 Å². The monoisotopic (exact) mass is 326 g/mol. The maximum Gasteiger partial charge on any atom is 0.0452 e. The summed E-state index contributed by atoms with van der Waals surface area (Å²) in [7, 11) is 0. The fourth-order valence-corrected chi connectivity index (χ4v) is 2.87. The third-order valence-electron chi connectivity index (χ3n) is 2.44. The van der Waals surface area contributed by atoms with Crippen LogP contribution in [0.5, 0.6) is 0 Å². The predicted molar refractivity (Wildman–Crippen MR) is 51.7 cm³/mol. The lowest BCUT2D eigenvalue weighted by Gasteiger charge is -2.38. The molecule has 0 bridgehead atoms. The van der Waals surface area contributed by atoms with Crippen molar-refractivity contribution in [1.82, 2.24) is 0 Å². The third-order valence-corrected chi connectivity index (χ3v) is 5.18. The van der Waals surface area contributed by atoms with Gasteiger partial charge in [-0.25, -0.2) is 0 Å². The van der Waals surface area contributed by atoms with Gasteiger partial charge < -0.3 is 19.8 Å². The summed E-state index contributed by atoms with van der Waals surface area (Å²) in [5.41, 5.74) is 0. The molecule has 1 aliphatic carbocycles. The van der Waals surface area contributed by atoms with E-state index in [-0.39, 0.29) is 22.5 Å². The number of hydrogen-bond donors (Lipinski definition) is 0. The first-order valence-electron chi connectivity index (χ1n) is 4.13. The summed E-state index contributed by atoms with van der Waals surface area (Å²) in [4.78, 5) is 21.3. The molecule has 1 aliphatic rings. The van der Waals surface area contributed by atoms with Crippen molar-refractivity contribution in [2.45, 2.75) is 22.5 Å². The van der Waals surface area contributed by atoms with E-state index in [2.05, 4.69) is 31.9 Å². The van der Waals surface area contributed by atoms with E-state index < -0.39 is 23.8 Å². The van der Waals surface area contributed by atoms with Crippen molar-refractivity contribution in [1.29, 1.82) is 0 Å². The average molecular weight is 328 g/mol. The number of carboxylic acids is 2. The highest BCUT2D eigenvalue weighted by Gasteiger charge is 2.36. The Labute approximate surface area is 97.9 Å². The van der Waals surface area contributed by atoms with Crippen LogP contribution >= 0.6 is 31.9 Å². The van der Waals surface area contributed by atoms with E-state index in [1.54, 1.807) is 0 Å². The first-order chi connectivity index (χ1) is 6.43. The van der Waals surface area contributed by atoms with Gasteiger partial charge in [-0.1, -0.05) is 31.9 Å². The quantitative estimate of drug-likeness (QED) is 0.612. The first-order valence-corrected chi connectivity index (χ1v) is 5.96. The molecule has 0 amide bonds. The summed E-state index contributed by atoms with van der Waals surface area (Å²) in [6.07, 6.45) is 0.494. The molecule has 0 unspecified atom stereocenters. The Morgan fingerprint density at radius 1 is 0.929 bits per heavy atom. The second kappa shape index (κ2) is 4.61. The number of rotatable bonds is 2. The van der Waals surface area contributed by atoms with Crippen molar-refractivity contribution in [3.8, 4) is 0 Å². The van der Waals surface area contributed by atoms with Gasteiger partial charge in [-0.05, 0) is 12.8 Å². The van der Waals surface area contributed by atoms with E-state index in [9.17, 15) is 19.8 Å². The van der Waals surface area contributed by atoms with Crippen LogP contribution in [0.25, 0.3) is 0 Å². The lowest BCUT2D eigenvalue weighted by atomic mass is 9.79. The van der Waals surface area contributed by atoms with Crippen molar-refractivity contribution >= 4 is 43.8 Å². The van der Waals surface area contributed by atoms with E-state index in [0.717, 1.165) is 0 Å². The van der Waals surface area contributed by atoms with Gasteiger partial charge in [0.25, 0.3) is 0 Å². The molecule has 1 saturated carbocycles. The minimum absolute atomic E-state index is 0.0407. The van der Waals surface area contributed by atoms with E-state index >= 15 is 0 Å². The number of hydrogen-bond acceptors (Lipinski definition) is 4. The van der Waals surface area contributed by atoms with Gasteiger partial charge in [-0.15, -0.1) is 0 Å². The highest BCUT2D eigenvalue weighted by Crippen LogP contribution is 2.37. The van der Waals surface area contributed by atoms with Crippen molar-refractivity contribution < 1.29 is 19.8 Å². The number of halogens is 2. The topological polar surface area (TPSA) is 80.3 Å². The van der Waals surface area contributed by atoms with Gasteiger partial charge >= 0.3 is 0 Å². The number of alkyl halides is 2. The second-order valence-electron chi connectivity index (χ2n) is 3.35. The summed E-state index contributed by atoms with van der Waals surface area (Å²) in [5.74, 6) is -4.55. The summed E-state index contributed by atoms with van der Waals surface area (Å²) in [6.45, 7) is 0. The van der Waals surface area contributed by atoms with Crippen LogP contribution in [0.2, 0.25) is 0 Å². The van der Waals surface area contributed by atoms with E-state index in [0.29, 0.717) is 0 Å². The molecule has 0 aromatic carbocycles. The van der Waals surface area contributed by atoms with E-state index in [4.69, 9.17) is 0 Å². The second-order valence-corrected chi connectivity index (χ2v) is 5.71. The molecule has 1 fully saturated rings. The molecule has 0 N–H and O–H groups in total. The van der Waals surface area contributed by atoms with Crippen LogP contribution in [0, 0.1) is 11.8 Å². The number of carboxylic acid groups (broad SMARTS) is 2. The molecule has 4 atom stereocenters. The first kappa shape index (κ1) is 12.0. The number of carbonyl (C=O) groups is 2. The third kappa shape index (κ3) is 2.48. The zero-order valence-corrected chi connectivity index (χ0v) is 10.3. The lowest BCUT2D eigenvalue weighted by molar-refractivity contribution is -0.328. The molecule has 0 aliphatic heterocycles. The molecule has 0 saturated heterocycles. The minimum Gasteiger partial charge on any atom is -0.550 e. The van der Waals surface area contributed by atoms with Crippen molar-refractivity contribution in [3.05, 3.63) is 0 Å². The molecule has 0 spiro atoms. The fraction of sp³-hybridized carbons (Fsp3) is 0.750. The van der Waals surface area contributed by atoms with Crippen LogP contribution in [-0.2, 0) is 9.59 Å². The van der Waals surface area contributed by atoms with E-state index in [1.165, 1.54) is 0 Å². The van der Waals surface area contributed by atoms with Crippen molar-refractivity contribution in [2.24, 2.45) is 11.8 Å². The van der Waals surface area contributed by atoms with E-state index in [1.807, 2.05) is 0 Å². The van der Waals surface area contributed by atoms with Gasteiger partial charge in [-0.3, -0.25) is 0 Å². The molecular weight excluding hydrogens is 320 g/mol. The molecule has 0 aromatic heterocycles. The average Bonchev–Trinajstić information content (AvgIpc) is 2.08. The molecule has 0 radical (unpaired) electrons. The fourth-order valence-electron chi connectivity index (χ4n) is 1.63. The Kier molecular flexibility index (Phi) is 3.94. The smallest absolute Gasteiger partial charge is 0.0452 e. The summed E-state index contributed by atoms with van der Waals surface area (Å²) in [5, 5.41) is 21.4. The Balaban J connectivity index is 2.80. The van der Waals surface area contributed by atoms with Gasteiger partial charge in [0.05, 0.1) is 0 Å². The van der Waals surface area contributed by atoms with Crippen LogP contribution in [0.3, 0.4) is 0 Å². The van der Waals surface area contributed by atoms with Gasteiger partial charge in [0, 0.05) is 33.4 Å². The van der Waals surface area contributed by atoms with Crippen LogP contribution in [0.15, 0.2) is 0 Å². The van der Waals surface area contributed by atoms with Gasteiger partial charge in [0.15, 0.2) is 0 Å². The van der Waals surface area contributed by atoms with Crippen LogP contribution in [0.4, 0.5) is 0 Å². The van der Waals surface area contributed by atoms with Gasteiger partial charge in [0.2, 0.25) is 0 Å². The zero-order chi connectivity index (χ0) is 10.9. The molecule has 0 heterocycles. The van der Waals surface area contributed by atoms with Crippen molar-refractivity contribution in [3.63, 3.8) is 0 Å². The molecule has 0 aromatic rings. The maximum absolute atomic E-state index is 10.7. The summed E-state index contributed by atoms with van der Waals surface area (Å²) in [6, 6.07) is 0. The minimum atomic E-state index is -1.32. The summed E-state index contributed by atoms with van der Waals surface area (Å²) < 4.78 is 0. The molecule has 80 valence electrons. The number of carbonyl (C=O) groups excluding carboxylic acids is 2. The Morgan fingerprint density at radius 2 is 1.21 bits per heavy atom. The lowest BCUT2D eigenvalue weighted by Crippen LogP contribution is -2.49. The maximum atomic E-state index is 10.7. The molecule has 1 rings (SSSR count). The van der Waals surface area contributed by atoms with Gasteiger partial charge in [0.1, 0.15) is 0 Å². The molecule has 4 nitrogen and oxygen atoms in total.